The summed E-state index contributed by atoms with van der Waals surface area (Å²) in [5.74, 6) is -4.15. The number of nitrogens with zero attached hydrogens (tertiary/aromatic N) is 1. The molecule has 0 amide bonds. The topological polar surface area (TPSA) is 121 Å². The molecule has 0 spiro atoms. The summed E-state index contributed by atoms with van der Waals surface area (Å²) in [5.41, 5.74) is -0.238. The molecular weight excluding hydrogens is 314 g/mol. The van der Waals surface area contributed by atoms with Crippen LogP contribution in [0.4, 0.5) is 0 Å². The maximum absolute atomic E-state index is 12.3. The minimum Gasteiger partial charge on any atom is -0.481 e. The second-order valence-corrected chi connectivity index (χ2v) is 5.00. The number of ketones is 2. The predicted octanol–water partition coefficient (Wildman–Crippen LogP) is 1.04. The number of carbonyl (C=O) groups is 4. The molecule has 114 valence electrons. The molecule has 8 heteroatoms. The lowest BCUT2D eigenvalue weighted by Gasteiger charge is -2.20. The van der Waals surface area contributed by atoms with Crippen LogP contribution in [0.3, 0.4) is 0 Å². The number of aliphatic imine (C=N–C) groups is 1. The van der Waals surface area contributed by atoms with Gasteiger partial charge in [0, 0.05) is 11.1 Å². The van der Waals surface area contributed by atoms with Gasteiger partial charge in [0.2, 0.25) is 5.78 Å². The van der Waals surface area contributed by atoms with Gasteiger partial charge in [-0.2, -0.15) is 0 Å². The number of aliphatic carboxylic acids is 2. The molecule has 7 nitrogen and oxygen atoms in total. The van der Waals surface area contributed by atoms with Crippen molar-refractivity contribution in [1.82, 2.24) is 0 Å². The molecule has 2 N–H and O–H groups in total. The molecule has 0 heterocycles. The number of carboxylic acids is 2. The van der Waals surface area contributed by atoms with Gasteiger partial charge >= 0.3 is 11.9 Å². The van der Waals surface area contributed by atoms with Gasteiger partial charge in [-0.1, -0.05) is 24.3 Å². The van der Waals surface area contributed by atoms with Crippen molar-refractivity contribution in [2.24, 2.45) is 4.99 Å². The van der Waals surface area contributed by atoms with Crippen molar-refractivity contribution in [1.29, 1.82) is 0 Å². The van der Waals surface area contributed by atoms with E-state index in [1.807, 2.05) is 0 Å². The van der Waals surface area contributed by atoms with Gasteiger partial charge in [0.1, 0.15) is 11.1 Å². The van der Waals surface area contributed by atoms with Gasteiger partial charge in [0.15, 0.2) is 11.8 Å². The summed E-state index contributed by atoms with van der Waals surface area (Å²) in [5, 5.41) is 16.2. The molecule has 1 aromatic carbocycles. The van der Waals surface area contributed by atoms with Crippen LogP contribution in [0.1, 0.15) is 27.1 Å². The van der Waals surface area contributed by atoms with E-state index in [-0.39, 0.29) is 11.1 Å². The van der Waals surface area contributed by atoms with Gasteiger partial charge in [-0.15, -0.1) is 11.6 Å². The normalized spacial score (nSPS) is 20.6. The Kier molecular flexibility index (Phi) is 4.37. The molecule has 0 radical (unpaired) electrons. The Morgan fingerprint density at radius 3 is 2.32 bits per heavy atom. The fourth-order valence-corrected chi connectivity index (χ4v) is 2.33. The third-order valence-electron chi connectivity index (χ3n) is 3.09. The smallest absolute Gasteiger partial charge is 0.329 e. The SMILES string of the molecule is O=C(O)C[C@@H](N=C1C(=O)c2ccccc2C(=O)C1Cl)C(=O)O. The van der Waals surface area contributed by atoms with Gasteiger partial charge in [-0.25, -0.2) is 4.79 Å². The summed E-state index contributed by atoms with van der Waals surface area (Å²) in [7, 11) is 0. The molecule has 0 fully saturated rings. The van der Waals surface area contributed by atoms with Crippen LogP contribution in [0.5, 0.6) is 0 Å². The predicted molar refractivity (Wildman–Crippen MR) is 75.9 cm³/mol. The van der Waals surface area contributed by atoms with Crippen molar-refractivity contribution in [3.05, 3.63) is 35.4 Å². The Balaban J connectivity index is 2.49. The van der Waals surface area contributed by atoms with Crippen molar-refractivity contribution in [2.75, 3.05) is 0 Å². The number of fused-ring (bicyclic) bond motifs is 1. The van der Waals surface area contributed by atoms with Gasteiger partial charge in [0.25, 0.3) is 0 Å². The van der Waals surface area contributed by atoms with E-state index < -0.39 is 47.1 Å². The van der Waals surface area contributed by atoms with Crippen LogP contribution in [0.25, 0.3) is 0 Å². The van der Waals surface area contributed by atoms with E-state index in [0.29, 0.717) is 0 Å². The second kappa shape index (κ2) is 6.07. The zero-order valence-electron chi connectivity index (χ0n) is 11.0. The van der Waals surface area contributed by atoms with E-state index in [1.165, 1.54) is 12.1 Å². The molecule has 22 heavy (non-hydrogen) atoms. The largest absolute Gasteiger partial charge is 0.481 e. The van der Waals surface area contributed by atoms with Crippen molar-refractivity contribution in [3.8, 4) is 0 Å². The first-order chi connectivity index (χ1) is 10.3. The quantitative estimate of drug-likeness (QED) is 0.798. The highest BCUT2D eigenvalue weighted by molar-refractivity contribution is 6.64. The highest BCUT2D eigenvalue weighted by Crippen LogP contribution is 2.24. The third-order valence-corrected chi connectivity index (χ3v) is 3.49. The molecule has 1 unspecified atom stereocenters. The van der Waals surface area contributed by atoms with Gasteiger partial charge in [-0.3, -0.25) is 19.4 Å². The summed E-state index contributed by atoms with van der Waals surface area (Å²) < 4.78 is 0. The van der Waals surface area contributed by atoms with E-state index in [4.69, 9.17) is 21.8 Å². The molecule has 0 saturated heterocycles. The van der Waals surface area contributed by atoms with Crippen LogP contribution in [0.2, 0.25) is 0 Å². The standard InChI is InChI=1S/C14H10ClNO6/c15-10-11(16-8(14(21)22)5-9(17)18)13(20)7-4-2-1-3-6(7)12(10)19/h1-4,8,10H,5H2,(H,17,18)(H,21,22)/t8-,10?/m1/s1. The molecule has 0 bridgehead atoms. The molecule has 2 rings (SSSR count). The first kappa shape index (κ1) is 15.8. The Morgan fingerprint density at radius 2 is 1.77 bits per heavy atom. The third kappa shape index (κ3) is 2.89. The average Bonchev–Trinajstić information content (AvgIpc) is 2.47. The Hall–Kier alpha value is -2.54. The fraction of sp³-hybridized carbons (Fsp3) is 0.214. The minimum atomic E-state index is -1.68. The number of rotatable bonds is 4. The first-order valence-corrected chi connectivity index (χ1v) is 6.61. The first-order valence-electron chi connectivity index (χ1n) is 6.17. The number of alkyl halides is 1. The number of Topliss-reactive ketones (excluding diaryl/α,β-unsaturated/α-hetero) is 2. The van der Waals surface area contributed by atoms with Crippen LogP contribution in [0.15, 0.2) is 29.3 Å². The molecule has 0 aliphatic heterocycles. The van der Waals surface area contributed by atoms with Crippen molar-refractivity contribution in [3.63, 3.8) is 0 Å². The minimum absolute atomic E-state index is 0.0719. The highest BCUT2D eigenvalue weighted by Gasteiger charge is 2.38. The van der Waals surface area contributed by atoms with Crippen molar-refractivity contribution < 1.29 is 29.4 Å². The number of carbonyl (C=O) groups excluding carboxylic acids is 2. The van der Waals surface area contributed by atoms with Crippen molar-refractivity contribution >= 4 is 40.8 Å². The van der Waals surface area contributed by atoms with E-state index in [9.17, 15) is 19.2 Å². The summed E-state index contributed by atoms with van der Waals surface area (Å²) in [6, 6.07) is 4.27. The molecule has 0 aromatic heterocycles. The molecule has 1 aromatic rings. The van der Waals surface area contributed by atoms with Crippen LogP contribution in [0, 0.1) is 0 Å². The highest BCUT2D eigenvalue weighted by atomic mass is 35.5. The zero-order chi connectivity index (χ0) is 16.4. The fourth-order valence-electron chi connectivity index (χ4n) is 2.06. The van der Waals surface area contributed by atoms with Crippen LogP contribution >= 0.6 is 11.6 Å². The summed E-state index contributed by atoms with van der Waals surface area (Å²) in [6.07, 6.45) is -0.814. The number of halogens is 1. The summed E-state index contributed by atoms with van der Waals surface area (Å²) >= 11 is 5.90. The number of carboxylic acid groups (broad SMARTS) is 2. The lowest BCUT2D eigenvalue weighted by molar-refractivity contribution is -0.144. The van der Waals surface area contributed by atoms with Gasteiger partial charge in [-0.05, 0) is 0 Å². The summed E-state index contributed by atoms with van der Waals surface area (Å²) in [6.45, 7) is 0. The molecule has 2 atom stereocenters. The zero-order valence-corrected chi connectivity index (χ0v) is 11.8. The van der Waals surface area contributed by atoms with E-state index in [2.05, 4.69) is 4.99 Å². The van der Waals surface area contributed by atoms with Crippen LogP contribution in [-0.2, 0) is 9.59 Å². The van der Waals surface area contributed by atoms with Crippen LogP contribution in [-0.4, -0.2) is 50.8 Å². The average molecular weight is 324 g/mol. The Morgan fingerprint density at radius 1 is 1.18 bits per heavy atom. The second-order valence-electron chi connectivity index (χ2n) is 4.57. The van der Waals surface area contributed by atoms with E-state index >= 15 is 0 Å². The van der Waals surface area contributed by atoms with Gasteiger partial charge < -0.3 is 10.2 Å². The van der Waals surface area contributed by atoms with Crippen LogP contribution < -0.4 is 0 Å². The lowest BCUT2D eigenvalue weighted by atomic mass is 9.87. The lowest BCUT2D eigenvalue weighted by Crippen LogP contribution is -2.39. The molecule has 1 aliphatic carbocycles. The number of hydrogen-bond acceptors (Lipinski definition) is 5. The molecule has 1 aliphatic rings. The summed E-state index contributed by atoms with van der Waals surface area (Å²) in [4.78, 5) is 49.8. The molecule has 0 saturated carbocycles. The maximum Gasteiger partial charge on any atom is 0.329 e. The monoisotopic (exact) mass is 323 g/mol. The van der Waals surface area contributed by atoms with Gasteiger partial charge in [0.05, 0.1) is 6.42 Å². The Bertz CT molecular complexity index is 711. The maximum atomic E-state index is 12.3. The van der Waals surface area contributed by atoms with Crippen molar-refractivity contribution in [2.45, 2.75) is 17.8 Å². The van der Waals surface area contributed by atoms with E-state index in [0.717, 1.165) is 0 Å². The molecular formula is C14H10ClNO6. The number of benzene rings is 1. The Labute approximate surface area is 129 Å². The number of hydrogen-bond donors (Lipinski definition) is 2. The van der Waals surface area contributed by atoms with E-state index in [1.54, 1.807) is 12.1 Å².